The maximum atomic E-state index is 11.2. The number of nitrogens with one attached hydrogen (secondary N) is 1. The van der Waals surface area contributed by atoms with Crippen molar-refractivity contribution in [1.29, 1.82) is 0 Å². The molecule has 12 heavy (non-hydrogen) atoms. The van der Waals surface area contributed by atoms with Gasteiger partial charge in [-0.2, -0.15) is 4.99 Å². The number of carbonyl (C=O) groups is 2. The number of amides is 2. The summed E-state index contributed by atoms with van der Waals surface area (Å²) in [4.78, 5) is 26.1. The number of rotatable bonds is 1. The first-order chi connectivity index (χ1) is 5.52. The fraction of sp³-hybridized carbons (Fsp3) is 0.625. The minimum Gasteiger partial charge on any atom is -0.314 e. The topological polar surface area (TPSA) is 58.5 Å². The van der Waals surface area contributed by atoms with Crippen LogP contribution < -0.4 is 5.32 Å². The Bertz CT molecular complexity index is 256. The van der Waals surface area contributed by atoms with Gasteiger partial charge in [0.25, 0.3) is 5.91 Å². The molecule has 0 bridgehead atoms. The van der Waals surface area contributed by atoms with Gasteiger partial charge in [0, 0.05) is 0 Å². The van der Waals surface area contributed by atoms with Gasteiger partial charge in [-0.15, -0.1) is 0 Å². The Labute approximate surface area is 71.1 Å². The Balaban J connectivity index is 2.91. The number of carbonyl (C=O) groups excluding carboxylic acids is 2. The summed E-state index contributed by atoms with van der Waals surface area (Å²) in [6, 6.07) is 0. The first-order valence-electron chi connectivity index (χ1n) is 3.92. The van der Waals surface area contributed by atoms with Crippen LogP contribution in [0.5, 0.6) is 0 Å². The van der Waals surface area contributed by atoms with Gasteiger partial charge in [0.2, 0.25) is 5.91 Å². The molecule has 0 saturated heterocycles. The molecule has 1 atom stereocenters. The highest BCUT2D eigenvalue weighted by Crippen LogP contribution is 2.15. The van der Waals surface area contributed by atoms with E-state index in [1.54, 1.807) is 6.92 Å². The number of amidine groups is 1. The minimum absolute atomic E-state index is 0.00866. The lowest BCUT2D eigenvalue weighted by atomic mass is 9.93. The van der Waals surface area contributed by atoms with Crippen LogP contribution in [0.2, 0.25) is 0 Å². The van der Waals surface area contributed by atoms with E-state index in [2.05, 4.69) is 10.3 Å². The molecule has 0 radical (unpaired) electrons. The van der Waals surface area contributed by atoms with E-state index in [0.717, 1.165) is 0 Å². The smallest absolute Gasteiger partial charge is 0.260 e. The van der Waals surface area contributed by atoms with Gasteiger partial charge in [-0.1, -0.05) is 13.8 Å². The second-order valence-electron chi connectivity index (χ2n) is 3.25. The second-order valence-corrected chi connectivity index (χ2v) is 3.25. The van der Waals surface area contributed by atoms with E-state index in [-0.39, 0.29) is 17.7 Å². The molecular formula is C8H12N2O2. The normalized spacial score (nSPS) is 24.0. The molecule has 0 aliphatic carbocycles. The van der Waals surface area contributed by atoms with Crippen LogP contribution in [0.3, 0.4) is 0 Å². The maximum Gasteiger partial charge on any atom is 0.260 e. The molecule has 0 saturated carbocycles. The Hall–Kier alpha value is -1.19. The predicted octanol–water partition coefficient (Wildman–Crippen LogP) is 0.333. The lowest BCUT2D eigenvalue weighted by molar-refractivity contribution is -0.135. The van der Waals surface area contributed by atoms with Crippen LogP contribution in [-0.2, 0) is 9.59 Å². The first-order valence-corrected chi connectivity index (χ1v) is 3.92. The van der Waals surface area contributed by atoms with Crippen molar-refractivity contribution < 1.29 is 9.59 Å². The summed E-state index contributed by atoms with van der Waals surface area (Å²) < 4.78 is 0. The zero-order valence-electron chi connectivity index (χ0n) is 7.42. The van der Waals surface area contributed by atoms with Crippen molar-refractivity contribution in [2.45, 2.75) is 20.8 Å². The van der Waals surface area contributed by atoms with Crippen molar-refractivity contribution in [2.75, 3.05) is 0 Å². The molecule has 66 valence electrons. The lowest BCUT2D eigenvalue weighted by Gasteiger charge is -2.20. The number of nitrogens with zero attached hydrogens (tertiary/aromatic N) is 1. The van der Waals surface area contributed by atoms with Crippen molar-refractivity contribution in [3.8, 4) is 0 Å². The Morgan fingerprint density at radius 2 is 2.00 bits per heavy atom. The molecule has 0 spiro atoms. The zero-order chi connectivity index (χ0) is 9.30. The SMILES string of the molecule is CC1=NC(=O)C(C(C)C)C(=O)N1. The quantitative estimate of drug-likeness (QED) is 0.574. The van der Waals surface area contributed by atoms with Gasteiger partial charge in [-0.3, -0.25) is 9.59 Å². The molecule has 4 nitrogen and oxygen atoms in total. The van der Waals surface area contributed by atoms with Gasteiger partial charge in [-0.25, -0.2) is 0 Å². The molecule has 1 aliphatic rings. The standard InChI is InChI=1S/C8H12N2O2/c1-4(2)6-7(11)9-5(3)10-8(6)12/h4,6H,1-3H3,(H,9,10,11,12). The highest BCUT2D eigenvalue weighted by atomic mass is 16.2. The summed E-state index contributed by atoms with van der Waals surface area (Å²) in [5.74, 6) is -0.765. The van der Waals surface area contributed by atoms with E-state index >= 15 is 0 Å². The minimum atomic E-state index is -0.603. The third-order valence-electron chi connectivity index (χ3n) is 1.80. The average molecular weight is 168 g/mol. The van der Waals surface area contributed by atoms with E-state index in [1.807, 2.05) is 13.8 Å². The monoisotopic (exact) mass is 168 g/mol. The third kappa shape index (κ3) is 1.52. The van der Waals surface area contributed by atoms with Crippen LogP contribution in [0.1, 0.15) is 20.8 Å². The summed E-state index contributed by atoms with van der Waals surface area (Å²) in [5.41, 5.74) is 0. The van der Waals surface area contributed by atoms with Gasteiger partial charge < -0.3 is 5.32 Å². The molecule has 1 heterocycles. The van der Waals surface area contributed by atoms with Gasteiger partial charge in [0.15, 0.2) is 0 Å². The largest absolute Gasteiger partial charge is 0.314 e. The van der Waals surface area contributed by atoms with Crippen LogP contribution in [0.25, 0.3) is 0 Å². The summed E-state index contributed by atoms with van der Waals surface area (Å²) in [6.45, 7) is 5.27. The van der Waals surface area contributed by atoms with Crippen LogP contribution in [0.15, 0.2) is 4.99 Å². The van der Waals surface area contributed by atoms with Crippen LogP contribution in [0.4, 0.5) is 0 Å². The van der Waals surface area contributed by atoms with E-state index in [9.17, 15) is 9.59 Å². The highest BCUT2D eigenvalue weighted by Gasteiger charge is 2.32. The van der Waals surface area contributed by atoms with Gasteiger partial charge in [-0.05, 0) is 12.8 Å². The molecule has 2 amide bonds. The van der Waals surface area contributed by atoms with Crippen LogP contribution in [0, 0.1) is 11.8 Å². The van der Waals surface area contributed by atoms with Gasteiger partial charge >= 0.3 is 0 Å². The number of hydrogen-bond donors (Lipinski definition) is 1. The highest BCUT2D eigenvalue weighted by molar-refractivity contribution is 6.15. The van der Waals surface area contributed by atoms with Crippen molar-refractivity contribution in [3.05, 3.63) is 0 Å². The van der Waals surface area contributed by atoms with E-state index in [4.69, 9.17) is 0 Å². The van der Waals surface area contributed by atoms with Gasteiger partial charge in [0.1, 0.15) is 11.8 Å². The lowest BCUT2D eigenvalue weighted by Crippen LogP contribution is -2.44. The first kappa shape index (κ1) is 8.90. The summed E-state index contributed by atoms with van der Waals surface area (Å²) in [6.07, 6.45) is 0. The molecule has 1 N–H and O–H groups in total. The Morgan fingerprint density at radius 3 is 2.42 bits per heavy atom. The number of aliphatic imine (C=N–C) groups is 1. The molecule has 0 aromatic rings. The Kier molecular flexibility index (Phi) is 2.26. The fourth-order valence-corrected chi connectivity index (χ4v) is 1.22. The summed E-state index contributed by atoms with van der Waals surface area (Å²) in [7, 11) is 0. The van der Waals surface area contributed by atoms with E-state index in [0.29, 0.717) is 5.84 Å². The average Bonchev–Trinajstić information content (AvgIpc) is 1.82. The number of hydrogen-bond acceptors (Lipinski definition) is 2. The van der Waals surface area contributed by atoms with E-state index < -0.39 is 5.92 Å². The molecule has 4 heteroatoms. The maximum absolute atomic E-state index is 11.2. The summed E-state index contributed by atoms with van der Waals surface area (Å²) >= 11 is 0. The molecule has 0 aromatic heterocycles. The predicted molar refractivity (Wildman–Crippen MR) is 44.6 cm³/mol. The van der Waals surface area contributed by atoms with Crippen molar-refractivity contribution in [1.82, 2.24) is 5.32 Å². The molecule has 1 rings (SSSR count). The summed E-state index contributed by atoms with van der Waals surface area (Å²) in [5, 5.41) is 2.53. The second kappa shape index (κ2) is 3.05. The van der Waals surface area contributed by atoms with Gasteiger partial charge in [0.05, 0.1) is 0 Å². The van der Waals surface area contributed by atoms with Crippen molar-refractivity contribution in [3.63, 3.8) is 0 Å². The molecule has 0 aromatic carbocycles. The van der Waals surface area contributed by atoms with E-state index in [1.165, 1.54) is 0 Å². The van der Waals surface area contributed by atoms with Crippen molar-refractivity contribution in [2.24, 2.45) is 16.8 Å². The van der Waals surface area contributed by atoms with Crippen molar-refractivity contribution >= 4 is 17.6 Å². The molecular weight excluding hydrogens is 156 g/mol. The Morgan fingerprint density at radius 1 is 1.42 bits per heavy atom. The van der Waals surface area contributed by atoms with Crippen LogP contribution in [-0.4, -0.2) is 17.6 Å². The molecule has 1 unspecified atom stereocenters. The molecule has 0 fully saturated rings. The zero-order valence-corrected chi connectivity index (χ0v) is 7.42. The third-order valence-corrected chi connectivity index (χ3v) is 1.80. The van der Waals surface area contributed by atoms with Crippen LogP contribution >= 0.6 is 0 Å². The fourth-order valence-electron chi connectivity index (χ4n) is 1.22. The molecule has 1 aliphatic heterocycles.